The van der Waals surface area contributed by atoms with E-state index in [1.54, 1.807) is 6.07 Å². The minimum absolute atomic E-state index is 0.229. The molecule has 1 aromatic rings. The molecule has 1 fully saturated rings. The van der Waals surface area contributed by atoms with Gasteiger partial charge < -0.3 is 5.32 Å². The van der Waals surface area contributed by atoms with Gasteiger partial charge >= 0.3 is 0 Å². The summed E-state index contributed by atoms with van der Waals surface area (Å²) in [6, 6.07) is 6.10. The van der Waals surface area contributed by atoms with Crippen LogP contribution in [0.1, 0.15) is 38.2 Å². The van der Waals surface area contributed by atoms with E-state index >= 15 is 0 Å². The van der Waals surface area contributed by atoms with Crippen LogP contribution in [0.15, 0.2) is 18.2 Å². The first-order valence-corrected chi connectivity index (χ1v) is 6.20. The minimum atomic E-state index is -0.336. The molecule has 0 spiro atoms. The highest BCUT2D eigenvalue weighted by Gasteiger charge is 2.31. The van der Waals surface area contributed by atoms with E-state index in [4.69, 9.17) is 11.6 Å². The molecule has 16 heavy (non-hydrogen) atoms. The summed E-state index contributed by atoms with van der Waals surface area (Å²) in [5.74, 6) is 0.121. The quantitative estimate of drug-likeness (QED) is 0.832. The van der Waals surface area contributed by atoms with Crippen LogP contribution < -0.4 is 5.32 Å². The lowest BCUT2D eigenvalue weighted by molar-refractivity contribution is 0.516. The van der Waals surface area contributed by atoms with Gasteiger partial charge in [0.05, 0.1) is 5.02 Å². The normalized spacial score (nSPS) is 29.6. The zero-order valence-corrected chi connectivity index (χ0v) is 10.4. The second-order valence-corrected chi connectivity index (χ2v) is 5.01. The molecule has 1 aromatic carbocycles. The summed E-state index contributed by atoms with van der Waals surface area (Å²) in [6.07, 6.45) is 2.18. The van der Waals surface area contributed by atoms with Crippen molar-refractivity contribution in [3.63, 3.8) is 0 Å². The standard InChI is InChI=1S/C13H17ClFN/c1-3-13-10(6-8(2)16-13)9-4-5-12(15)11(14)7-9/h4-5,7-8,10,13,16H,3,6H2,1-2H3. The third-order valence-corrected chi connectivity index (χ3v) is 3.69. The van der Waals surface area contributed by atoms with Crippen LogP contribution >= 0.6 is 11.6 Å². The van der Waals surface area contributed by atoms with Crippen LogP contribution in [0.2, 0.25) is 5.02 Å². The SMILES string of the molecule is CCC1NC(C)CC1c1ccc(F)c(Cl)c1. The molecule has 1 aliphatic heterocycles. The predicted molar refractivity (Wildman–Crippen MR) is 65.4 cm³/mol. The Kier molecular flexibility index (Phi) is 3.50. The van der Waals surface area contributed by atoms with Crippen LogP contribution in [0.5, 0.6) is 0 Å². The smallest absolute Gasteiger partial charge is 0.141 e. The minimum Gasteiger partial charge on any atom is -0.311 e. The van der Waals surface area contributed by atoms with Crippen molar-refractivity contribution in [1.82, 2.24) is 5.32 Å². The first kappa shape index (κ1) is 11.9. The maximum atomic E-state index is 13.1. The number of halogens is 2. The Balaban J connectivity index is 2.26. The molecular formula is C13H17ClFN. The Bertz CT molecular complexity index is 380. The van der Waals surface area contributed by atoms with Crippen molar-refractivity contribution in [2.75, 3.05) is 0 Å². The average Bonchev–Trinajstić information content (AvgIpc) is 2.63. The van der Waals surface area contributed by atoms with Gasteiger partial charge in [0.1, 0.15) is 5.82 Å². The van der Waals surface area contributed by atoms with E-state index in [1.807, 2.05) is 6.07 Å². The lowest BCUT2D eigenvalue weighted by Gasteiger charge is -2.18. The van der Waals surface area contributed by atoms with Gasteiger partial charge in [-0.25, -0.2) is 4.39 Å². The fourth-order valence-corrected chi connectivity index (χ4v) is 2.80. The predicted octanol–water partition coefficient (Wildman–Crippen LogP) is 3.72. The summed E-state index contributed by atoms with van der Waals surface area (Å²) in [7, 11) is 0. The third kappa shape index (κ3) is 2.23. The summed E-state index contributed by atoms with van der Waals surface area (Å²) >= 11 is 5.82. The van der Waals surface area contributed by atoms with Gasteiger partial charge in [0.15, 0.2) is 0 Å². The van der Waals surface area contributed by atoms with Crippen molar-refractivity contribution in [2.24, 2.45) is 0 Å². The van der Waals surface area contributed by atoms with Crippen molar-refractivity contribution < 1.29 is 4.39 Å². The average molecular weight is 242 g/mol. The summed E-state index contributed by atoms with van der Waals surface area (Å²) in [6.45, 7) is 4.36. The Morgan fingerprint density at radius 2 is 2.25 bits per heavy atom. The van der Waals surface area contributed by atoms with E-state index in [-0.39, 0.29) is 10.8 Å². The molecule has 1 nitrogen and oxygen atoms in total. The van der Waals surface area contributed by atoms with Crippen LogP contribution in [-0.4, -0.2) is 12.1 Å². The van der Waals surface area contributed by atoms with Gasteiger partial charge in [0, 0.05) is 18.0 Å². The molecule has 0 saturated carbocycles. The molecule has 0 aliphatic carbocycles. The summed E-state index contributed by atoms with van der Waals surface area (Å²) in [5.41, 5.74) is 1.15. The largest absolute Gasteiger partial charge is 0.311 e. The highest BCUT2D eigenvalue weighted by Crippen LogP contribution is 2.33. The van der Waals surface area contributed by atoms with E-state index in [0.717, 1.165) is 18.4 Å². The second kappa shape index (κ2) is 4.72. The van der Waals surface area contributed by atoms with Crippen molar-refractivity contribution >= 4 is 11.6 Å². The van der Waals surface area contributed by atoms with E-state index < -0.39 is 0 Å². The molecule has 1 heterocycles. The molecule has 1 N–H and O–H groups in total. The fraction of sp³-hybridized carbons (Fsp3) is 0.538. The van der Waals surface area contributed by atoms with E-state index in [0.29, 0.717) is 18.0 Å². The highest BCUT2D eigenvalue weighted by molar-refractivity contribution is 6.30. The second-order valence-electron chi connectivity index (χ2n) is 4.60. The molecule has 88 valence electrons. The van der Waals surface area contributed by atoms with Crippen molar-refractivity contribution in [3.05, 3.63) is 34.6 Å². The third-order valence-electron chi connectivity index (χ3n) is 3.40. The number of benzene rings is 1. The monoisotopic (exact) mass is 241 g/mol. The molecule has 0 amide bonds. The maximum absolute atomic E-state index is 13.1. The van der Waals surface area contributed by atoms with E-state index in [2.05, 4.69) is 19.2 Å². The fourth-order valence-electron chi connectivity index (χ4n) is 2.61. The summed E-state index contributed by atoms with van der Waals surface area (Å²) < 4.78 is 13.1. The number of hydrogen-bond acceptors (Lipinski definition) is 1. The summed E-state index contributed by atoms with van der Waals surface area (Å²) in [5, 5.41) is 3.78. The zero-order chi connectivity index (χ0) is 11.7. The molecule has 1 aliphatic rings. The molecule has 3 unspecified atom stereocenters. The lowest BCUT2D eigenvalue weighted by atomic mass is 9.90. The van der Waals surface area contributed by atoms with Crippen LogP contribution in [0.3, 0.4) is 0 Å². The van der Waals surface area contributed by atoms with E-state index in [9.17, 15) is 4.39 Å². The molecule has 3 atom stereocenters. The Morgan fingerprint density at radius 3 is 2.88 bits per heavy atom. The number of nitrogens with one attached hydrogen (secondary N) is 1. The molecule has 1 saturated heterocycles. The Morgan fingerprint density at radius 1 is 1.50 bits per heavy atom. The zero-order valence-electron chi connectivity index (χ0n) is 9.63. The number of rotatable bonds is 2. The summed E-state index contributed by atoms with van der Waals surface area (Å²) in [4.78, 5) is 0. The lowest BCUT2D eigenvalue weighted by Crippen LogP contribution is -2.28. The Hall–Kier alpha value is -0.600. The Labute approximate surface area is 101 Å². The molecule has 3 heteroatoms. The van der Waals surface area contributed by atoms with Crippen molar-refractivity contribution in [3.8, 4) is 0 Å². The van der Waals surface area contributed by atoms with Crippen LogP contribution in [0.25, 0.3) is 0 Å². The molecule has 0 aromatic heterocycles. The molecule has 0 bridgehead atoms. The molecule has 0 radical (unpaired) electrons. The van der Waals surface area contributed by atoms with Gasteiger partial charge in [-0.3, -0.25) is 0 Å². The highest BCUT2D eigenvalue weighted by atomic mass is 35.5. The molecular weight excluding hydrogens is 225 g/mol. The first-order chi connectivity index (χ1) is 7.61. The van der Waals surface area contributed by atoms with Crippen LogP contribution in [0, 0.1) is 5.82 Å². The van der Waals surface area contributed by atoms with Gasteiger partial charge in [-0.2, -0.15) is 0 Å². The molecule has 2 rings (SSSR count). The van der Waals surface area contributed by atoms with Crippen LogP contribution in [-0.2, 0) is 0 Å². The van der Waals surface area contributed by atoms with Gasteiger partial charge in [-0.15, -0.1) is 0 Å². The van der Waals surface area contributed by atoms with Crippen molar-refractivity contribution in [2.45, 2.75) is 44.7 Å². The van der Waals surface area contributed by atoms with Crippen LogP contribution in [0.4, 0.5) is 4.39 Å². The number of hydrogen-bond donors (Lipinski definition) is 1. The van der Waals surface area contributed by atoms with E-state index in [1.165, 1.54) is 6.07 Å². The van der Waals surface area contributed by atoms with Gasteiger partial charge in [-0.1, -0.05) is 24.6 Å². The van der Waals surface area contributed by atoms with Gasteiger partial charge in [0.2, 0.25) is 0 Å². The van der Waals surface area contributed by atoms with Gasteiger partial charge in [0.25, 0.3) is 0 Å². The van der Waals surface area contributed by atoms with Crippen molar-refractivity contribution in [1.29, 1.82) is 0 Å². The topological polar surface area (TPSA) is 12.0 Å². The maximum Gasteiger partial charge on any atom is 0.141 e. The van der Waals surface area contributed by atoms with Gasteiger partial charge in [-0.05, 0) is 37.5 Å². The first-order valence-electron chi connectivity index (χ1n) is 5.82.